The van der Waals surface area contributed by atoms with Crippen molar-refractivity contribution in [1.29, 1.82) is 0 Å². The summed E-state index contributed by atoms with van der Waals surface area (Å²) in [5, 5.41) is 2.93. The van der Waals surface area contributed by atoms with Gasteiger partial charge in [0.1, 0.15) is 5.75 Å². The Morgan fingerprint density at radius 2 is 2.10 bits per heavy atom. The van der Waals surface area contributed by atoms with Crippen LogP contribution in [0.3, 0.4) is 0 Å². The van der Waals surface area contributed by atoms with E-state index in [2.05, 4.69) is 5.32 Å². The van der Waals surface area contributed by atoms with Crippen molar-refractivity contribution in [2.45, 2.75) is 19.3 Å². The Morgan fingerprint density at radius 1 is 1.24 bits per heavy atom. The van der Waals surface area contributed by atoms with Crippen LogP contribution in [-0.2, 0) is 17.6 Å². The number of rotatable bonds is 4. The molecule has 0 unspecified atom stereocenters. The molecule has 4 nitrogen and oxygen atoms in total. The van der Waals surface area contributed by atoms with E-state index in [4.69, 9.17) is 10.5 Å². The molecule has 0 radical (unpaired) electrons. The maximum Gasteiger partial charge on any atom is 0.224 e. The van der Waals surface area contributed by atoms with Crippen LogP contribution in [0.5, 0.6) is 5.75 Å². The smallest absolute Gasteiger partial charge is 0.224 e. The number of nitrogens with one attached hydrogen (secondary N) is 1. The molecule has 108 valence electrons. The van der Waals surface area contributed by atoms with E-state index in [9.17, 15) is 4.79 Å². The lowest BCUT2D eigenvalue weighted by atomic mass is 10.1. The predicted molar refractivity (Wildman–Crippen MR) is 83.4 cm³/mol. The van der Waals surface area contributed by atoms with E-state index >= 15 is 0 Å². The second kappa shape index (κ2) is 5.87. The van der Waals surface area contributed by atoms with Gasteiger partial charge in [-0.3, -0.25) is 4.79 Å². The number of nitrogens with two attached hydrogens (primary N) is 1. The first kappa shape index (κ1) is 13.5. The summed E-state index contributed by atoms with van der Waals surface area (Å²) in [6, 6.07) is 13.4. The maximum absolute atomic E-state index is 12.0. The minimum Gasteiger partial charge on any atom is -0.493 e. The van der Waals surface area contributed by atoms with Gasteiger partial charge in [-0.1, -0.05) is 18.2 Å². The van der Waals surface area contributed by atoms with Crippen LogP contribution in [-0.4, -0.2) is 12.5 Å². The molecule has 0 aliphatic carbocycles. The van der Waals surface area contributed by atoms with Crippen molar-refractivity contribution in [3.8, 4) is 5.75 Å². The molecule has 1 heterocycles. The molecule has 0 fully saturated rings. The highest BCUT2D eigenvalue weighted by molar-refractivity contribution is 5.91. The van der Waals surface area contributed by atoms with Crippen molar-refractivity contribution in [3.63, 3.8) is 0 Å². The fourth-order valence-electron chi connectivity index (χ4n) is 2.50. The van der Waals surface area contributed by atoms with Crippen LogP contribution in [0, 0.1) is 0 Å². The van der Waals surface area contributed by atoms with Crippen LogP contribution in [0.15, 0.2) is 42.5 Å². The summed E-state index contributed by atoms with van der Waals surface area (Å²) < 4.78 is 5.45. The predicted octanol–water partition coefficient (Wildman–Crippen LogP) is 2.78. The largest absolute Gasteiger partial charge is 0.493 e. The zero-order valence-electron chi connectivity index (χ0n) is 11.8. The normalized spacial score (nSPS) is 12.6. The van der Waals surface area contributed by atoms with E-state index < -0.39 is 0 Å². The molecule has 0 aromatic heterocycles. The number of para-hydroxylation sites is 1. The second-order valence-corrected chi connectivity index (χ2v) is 5.17. The number of benzene rings is 2. The molecule has 2 aromatic carbocycles. The van der Waals surface area contributed by atoms with Gasteiger partial charge in [-0.2, -0.15) is 0 Å². The average molecular weight is 282 g/mol. The second-order valence-electron chi connectivity index (χ2n) is 5.17. The lowest BCUT2D eigenvalue weighted by Crippen LogP contribution is -2.12. The standard InChI is InChI=1S/C17H18N2O2/c18-15-4-2-1-3-12(15)5-8-17(20)19-14-6-7-16-13(11-14)9-10-21-16/h1-4,6-7,11H,5,8-10,18H2,(H,19,20). The molecular formula is C17H18N2O2. The van der Waals surface area contributed by atoms with Gasteiger partial charge < -0.3 is 15.8 Å². The van der Waals surface area contributed by atoms with Gasteiger partial charge in [0.25, 0.3) is 0 Å². The Labute approximate surface area is 123 Å². The molecule has 0 spiro atoms. The maximum atomic E-state index is 12.0. The molecule has 1 aliphatic heterocycles. The van der Waals surface area contributed by atoms with Gasteiger partial charge in [-0.25, -0.2) is 0 Å². The van der Waals surface area contributed by atoms with Crippen molar-refractivity contribution < 1.29 is 9.53 Å². The quantitative estimate of drug-likeness (QED) is 0.847. The molecule has 0 saturated heterocycles. The van der Waals surface area contributed by atoms with Crippen LogP contribution in [0.1, 0.15) is 17.5 Å². The summed E-state index contributed by atoms with van der Waals surface area (Å²) >= 11 is 0. The number of aryl methyl sites for hydroxylation is 1. The number of amides is 1. The molecule has 0 atom stereocenters. The molecule has 2 aromatic rings. The van der Waals surface area contributed by atoms with E-state index in [0.29, 0.717) is 12.8 Å². The molecule has 0 saturated carbocycles. The minimum atomic E-state index is -0.00267. The van der Waals surface area contributed by atoms with Crippen LogP contribution < -0.4 is 15.8 Å². The first-order valence-corrected chi connectivity index (χ1v) is 7.11. The summed E-state index contributed by atoms with van der Waals surface area (Å²) in [4.78, 5) is 12.0. The van der Waals surface area contributed by atoms with E-state index in [1.807, 2.05) is 42.5 Å². The summed E-state index contributed by atoms with van der Waals surface area (Å²) in [6.07, 6.45) is 1.97. The van der Waals surface area contributed by atoms with Gasteiger partial charge in [0.2, 0.25) is 5.91 Å². The monoisotopic (exact) mass is 282 g/mol. The Hall–Kier alpha value is -2.49. The topological polar surface area (TPSA) is 64.4 Å². The number of hydrogen-bond donors (Lipinski definition) is 2. The number of carbonyl (C=O) groups is 1. The lowest BCUT2D eigenvalue weighted by Gasteiger charge is -2.08. The van der Waals surface area contributed by atoms with Gasteiger partial charge in [0.05, 0.1) is 6.61 Å². The molecule has 21 heavy (non-hydrogen) atoms. The van der Waals surface area contributed by atoms with E-state index in [1.165, 1.54) is 0 Å². The summed E-state index contributed by atoms with van der Waals surface area (Å²) in [5.74, 6) is 0.919. The van der Waals surface area contributed by atoms with E-state index in [1.54, 1.807) is 0 Å². The molecule has 1 amide bonds. The van der Waals surface area contributed by atoms with Crippen molar-refractivity contribution in [2.24, 2.45) is 0 Å². The summed E-state index contributed by atoms with van der Waals surface area (Å²) in [7, 11) is 0. The highest BCUT2D eigenvalue weighted by Crippen LogP contribution is 2.27. The molecule has 1 aliphatic rings. The van der Waals surface area contributed by atoms with Crippen LogP contribution in [0.2, 0.25) is 0 Å². The molecular weight excluding hydrogens is 264 g/mol. The number of anilines is 2. The average Bonchev–Trinajstić information content (AvgIpc) is 2.94. The van der Waals surface area contributed by atoms with Gasteiger partial charge in [-0.15, -0.1) is 0 Å². The highest BCUT2D eigenvalue weighted by atomic mass is 16.5. The number of hydrogen-bond acceptors (Lipinski definition) is 3. The number of nitrogen functional groups attached to an aromatic ring is 1. The Bertz CT molecular complexity index is 668. The van der Waals surface area contributed by atoms with Gasteiger partial charge in [-0.05, 0) is 41.8 Å². The Kier molecular flexibility index (Phi) is 3.77. The SMILES string of the molecule is Nc1ccccc1CCC(=O)Nc1ccc2c(c1)CCO2. The summed E-state index contributed by atoms with van der Waals surface area (Å²) in [6.45, 7) is 0.722. The number of ether oxygens (including phenoxy) is 1. The third-order valence-electron chi connectivity index (χ3n) is 3.65. The fraction of sp³-hybridized carbons (Fsp3) is 0.235. The van der Waals surface area contributed by atoms with Crippen molar-refractivity contribution >= 4 is 17.3 Å². The van der Waals surface area contributed by atoms with Crippen LogP contribution in [0.25, 0.3) is 0 Å². The molecule has 3 N–H and O–H groups in total. The third-order valence-corrected chi connectivity index (χ3v) is 3.65. The highest BCUT2D eigenvalue weighted by Gasteiger charge is 2.13. The Balaban J connectivity index is 1.58. The molecule has 3 rings (SSSR count). The van der Waals surface area contributed by atoms with Gasteiger partial charge in [0.15, 0.2) is 0 Å². The zero-order chi connectivity index (χ0) is 14.7. The third kappa shape index (κ3) is 3.16. The van der Waals surface area contributed by atoms with Crippen LogP contribution >= 0.6 is 0 Å². The number of carbonyl (C=O) groups excluding carboxylic acids is 1. The van der Waals surface area contributed by atoms with Gasteiger partial charge >= 0.3 is 0 Å². The lowest BCUT2D eigenvalue weighted by molar-refractivity contribution is -0.116. The van der Waals surface area contributed by atoms with Crippen molar-refractivity contribution in [2.75, 3.05) is 17.7 Å². The summed E-state index contributed by atoms with van der Waals surface area (Å²) in [5.41, 5.74) is 9.60. The first-order chi connectivity index (χ1) is 10.2. The zero-order valence-corrected chi connectivity index (χ0v) is 11.8. The first-order valence-electron chi connectivity index (χ1n) is 7.11. The molecule has 4 heteroatoms. The van der Waals surface area contributed by atoms with Crippen LogP contribution in [0.4, 0.5) is 11.4 Å². The van der Waals surface area contributed by atoms with E-state index in [0.717, 1.165) is 41.3 Å². The van der Waals surface area contributed by atoms with E-state index in [-0.39, 0.29) is 5.91 Å². The fourth-order valence-corrected chi connectivity index (χ4v) is 2.50. The number of fused-ring (bicyclic) bond motifs is 1. The molecule has 0 bridgehead atoms. The Morgan fingerprint density at radius 3 is 2.95 bits per heavy atom. The van der Waals surface area contributed by atoms with Crippen molar-refractivity contribution in [1.82, 2.24) is 0 Å². The minimum absolute atomic E-state index is 0.00267. The van der Waals surface area contributed by atoms with Gasteiger partial charge in [0, 0.05) is 24.2 Å². The van der Waals surface area contributed by atoms with Crippen molar-refractivity contribution in [3.05, 3.63) is 53.6 Å².